The molecule has 104 valence electrons. The van der Waals surface area contributed by atoms with Crippen LogP contribution in [0.4, 0.5) is 5.82 Å². The lowest BCUT2D eigenvalue weighted by atomic mass is 10.1. The predicted octanol–water partition coefficient (Wildman–Crippen LogP) is 3.02. The van der Waals surface area contributed by atoms with E-state index in [1.807, 2.05) is 55.6 Å². The maximum absolute atomic E-state index is 6.05. The fourth-order valence-electron chi connectivity index (χ4n) is 2.22. The van der Waals surface area contributed by atoms with Crippen LogP contribution in [0.2, 0.25) is 0 Å². The van der Waals surface area contributed by atoms with E-state index in [1.54, 1.807) is 6.20 Å². The van der Waals surface area contributed by atoms with E-state index in [9.17, 15) is 0 Å². The van der Waals surface area contributed by atoms with Crippen LogP contribution in [0.1, 0.15) is 17.0 Å². The molecule has 0 aliphatic heterocycles. The highest BCUT2D eigenvalue weighted by atomic mass is 15.0. The topological polar surface area (TPSA) is 64.7 Å². The zero-order valence-electron chi connectivity index (χ0n) is 11.8. The molecule has 21 heavy (non-hydrogen) atoms. The molecule has 2 heterocycles. The zero-order chi connectivity index (χ0) is 14.7. The maximum atomic E-state index is 6.05. The second kappa shape index (κ2) is 5.71. The van der Waals surface area contributed by atoms with Gasteiger partial charge >= 0.3 is 0 Å². The summed E-state index contributed by atoms with van der Waals surface area (Å²) >= 11 is 0. The fourth-order valence-corrected chi connectivity index (χ4v) is 2.22. The van der Waals surface area contributed by atoms with Crippen LogP contribution in [0.25, 0.3) is 11.3 Å². The van der Waals surface area contributed by atoms with E-state index in [4.69, 9.17) is 5.73 Å². The molecule has 0 aliphatic carbocycles. The lowest BCUT2D eigenvalue weighted by Gasteiger charge is -2.10. The summed E-state index contributed by atoms with van der Waals surface area (Å²) in [6, 6.07) is 14.0. The van der Waals surface area contributed by atoms with Gasteiger partial charge < -0.3 is 5.73 Å². The van der Waals surface area contributed by atoms with Gasteiger partial charge in [0.25, 0.3) is 0 Å². The van der Waals surface area contributed by atoms with Crippen molar-refractivity contribution >= 4 is 5.82 Å². The molecular weight excluding hydrogens is 260 g/mol. The molecule has 0 bridgehead atoms. The molecule has 0 saturated carbocycles. The number of hydrogen-bond donors (Lipinski definition) is 1. The second-order valence-electron chi connectivity index (χ2n) is 4.90. The van der Waals surface area contributed by atoms with Crippen LogP contribution in [0, 0.1) is 6.92 Å². The van der Waals surface area contributed by atoms with E-state index in [-0.39, 0.29) is 0 Å². The van der Waals surface area contributed by atoms with Crippen LogP contribution in [0.5, 0.6) is 0 Å². The number of anilines is 1. The van der Waals surface area contributed by atoms with E-state index in [0.717, 1.165) is 22.4 Å². The Labute approximate surface area is 123 Å². The number of aromatic nitrogens is 3. The highest BCUT2D eigenvalue weighted by Gasteiger charge is 2.11. The first-order valence-corrected chi connectivity index (χ1v) is 6.81. The highest BCUT2D eigenvalue weighted by Crippen LogP contribution is 2.24. The SMILES string of the molecule is Cc1c(N)nc(Cc2cccnc2)nc1-c1ccccc1. The molecule has 4 heteroatoms. The molecule has 3 rings (SSSR count). The zero-order valence-corrected chi connectivity index (χ0v) is 11.8. The normalized spacial score (nSPS) is 10.5. The summed E-state index contributed by atoms with van der Waals surface area (Å²) in [5.74, 6) is 1.24. The number of hydrogen-bond acceptors (Lipinski definition) is 4. The number of nitrogens with two attached hydrogens (primary N) is 1. The number of rotatable bonds is 3. The smallest absolute Gasteiger partial charge is 0.135 e. The minimum atomic E-state index is 0.530. The maximum Gasteiger partial charge on any atom is 0.135 e. The van der Waals surface area contributed by atoms with Crippen molar-refractivity contribution in [2.24, 2.45) is 0 Å². The van der Waals surface area contributed by atoms with Crippen molar-refractivity contribution in [1.82, 2.24) is 15.0 Å². The van der Waals surface area contributed by atoms with Crippen LogP contribution in [0.3, 0.4) is 0 Å². The van der Waals surface area contributed by atoms with Crippen molar-refractivity contribution in [2.45, 2.75) is 13.3 Å². The molecule has 0 fully saturated rings. The van der Waals surface area contributed by atoms with Crippen molar-refractivity contribution in [1.29, 1.82) is 0 Å². The van der Waals surface area contributed by atoms with E-state index in [1.165, 1.54) is 0 Å². The van der Waals surface area contributed by atoms with Crippen LogP contribution < -0.4 is 5.73 Å². The Morgan fingerprint density at radius 2 is 1.81 bits per heavy atom. The third-order valence-corrected chi connectivity index (χ3v) is 3.36. The Kier molecular flexibility index (Phi) is 3.60. The summed E-state index contributed by atoms with van der Waals surface area (Å²) in [6.45, 7) is 1.95. The summed E-state index contributed by atoms with van der Waals surface area (Å²) in [6.07, 6.45) is 4.20. The van der Waals surface area contributed by atoms with Gasteiger partial charge in [0.1, 0.15) is 11.6 Å². The lowest BCUT2D eigenvalue weighted by molar-refractivity contribution is 0.961. The van der Waals surface area contributed by atoms with Crippen molar-refractivity contribution in [3.05, 3.63) is 71.8 Å². The minimum absolute atomic E-state index is 0.530. The standard InChI is InChI=1S/C17H16N4/c1-12-16(14-7-3-2-4-8-14)20-15(21-17(12)18)10-13-6-5-9-19-11-13/h2-9,11H,10H2,1H3,(H2,18,20,21). The number of benzene rings is 1. The first-order valence-electron chi connectivity index (χ1n) is 6.81. The van der Waals surface area contributed by atoms with Gasteiger partial charge in [-0.25, -0.2) is 9.97 Å². The molecule has 0 unspecified atom stereocenters. The van der Waals surface area contributed by atoms with Gasteiger partial charge in [-0.05, 0) is 18.6 Å². The first kappa shape index (κ1) is 13.2. The van der Waals surface area contributed by atoms with Gasteiger partial charge in [0.05, 0.1) is 5.69 Å². The number of nitrogen functional groups attached to an aromatic ring is 1. The van der Waals surface area contributed by atoms with Crippen molar-refractivity contribution in [2.75, 3.05) is 5.73 Å². The Morgan fingerprint density at radius 3 is 2.52 bits per heavy atom. The highest BCUT2D eigenvalue weighted by molar-refractivity contribution is 5.67. The Morgan fingerprint density at radius 1 is 1.00 bits per heavy atom. The van der Waals surface area contributed by atoms with Gasteiger partial charge in [-0.3, -0.25) is 4.98 Å². The monoisotopic (exact) mass is 276 g/mol. The number of nitrogens with zero attached hydrogens (tertiary/aromatic N) is 3. The second-order valence-corrected chi connectivity index (χ2v) is 4.90. The molecule has 0 radical (unpaired) electrons. The molecule has 1 aromatic carbocycles. The van der Waals surface area contributed by atoms with Gasteiger partial charge in [0.2, 0.25) is 0 Å². The van der Waals surface area contributed by atoms with Crippen LogP contribution >= 0.6 is 0 Å². The van der Waals surface area contributed by atoms with Crippen molar-refractivity contribution in [3.8, 4) is 11.3 Å². The summed E-state index contributed by atoms with van der Waals surface area (Å²) in [4.78, 5) is 13.2. The van der Waals surface area contributed by atoms with E-state index >= 15 is 0 Å². The van der Waals surface area contributed by atoms with Crippen molar-refractivity contribution in [3.63, 3.8) is 0 Å². The quantitative estimate of drug-likeness (QED) is 0.798. The van der Waals surface area contributed by atoms with Gasteiger partial charge in [-0.15, -0.1) is 0 Å². The average molecular weight is 276 g/mol. The van der Waals surface area contributed by atoms with Crippen LogP contribution in [-0.2, 0) is 6.42 Å². The molecule has 0 aliphatic rings. The molecule has 0 atom stereocenters. The molecular formula is C17H16N4. The molecule has 2 aromatic heterocycles. The molecule has 2 N–H and O–H groups in total. The summed E-state index contributed by atoms with van der Waals surface area (Å²) in [5, 5.41) is 0. The molecule has 4 nitrogen and oxygen atoms in total. The van der Waals surface area contributed by atoms with Gasteiger partial charge in [-0.2, -0.15) is 0 Å². The number of pyridine rings is 1. The van der Waals surface area contributed by atoms with E-state index in [0.29, 0.717) is 18.1 Å². The average Bonchev–Trinajstić information content (AvgIpc) is 2.52. The van der Waals surface area contributed by atoms with Crippen molar-refractivity contribution < 1.29 is 0 Å². The van der Waals surface area contributed by atoms with Gasteiger partial charge in [0.15, 0.2) is 0 Å². The Hall–Kier alpha value is -2.75. The lowest BCUT2D eigenvalue weighted by Crippen LogP contribution is -2.05. The van der Waals surface area contributed by atoms with Crippen LogP contribution in [-0.4, -0.2) is 15.0 Å². The Balaban J connectivity index is 2.02. The van der Waals surface area contributed by atoms with Crippen LogP contribution in [0.15, 0.2) is 54.9 Å². The predicted molar refractivity (Wildman–Crippen MR) is 83.7 cm³/mol. The third-order valence-electron chi connectivity index (χ3n) is 3.36. The summed E-state index contributed by atoms with van der Waals surface area (Å²) < 4.78 is 0. The Bertz CT molecular complexity index is 739. The third kappa shape index (κ3) is 2.89. The summed E-state index contributed by atoms with van der Waals surface area (Å²) in [5.41, 5.74) is 9.97. The minimum Gasteiger partial charge on any atom is -0.383 e. The molecule has 0 amide bonds. The van der Waals surface area contributed by atoms with E-state index < -0.39 is 0 Å². The fraction of sp³-hybridized carbons (Fsp3) is 0.118. The largest absolute Gasteiger partial charge is 0.383 e. The summed E-state index contributed by atoms with van der Waals surface area (Å²) in [7, 11) is 0. The molecule has 0 spiro atoms. The van der Waals surface area contributed by atoms with Gasteiger partial charge in [-0.1, -0.05) is 36.4 Å². The first-order chi connectivity index (χ1) is 10.2. The molecule has 3 aromatic rings. The van der Waals surface area contributed by atoms with E-state index in [2.05, 4.69) is 15.0 Å². The molecule has 0 saturated heterocycles. The van der Waals surface area contributed by atoms with Gasteiger partial charge in [0, 0.05) is 29.9 Å².